The SMILES string of the molecule is CC[C@H](Nc1ccccc1)C(=O)N1CCN(c2ccccc2)CC1. The molecule has 1 aliphatic rings. The van der Waals surface area contributed by atoms with Gasteiger partial charge in [-0.1, -0.05) is 43.3 Å². The maximum atomic E-state index is 12.8. The number of hydrogen-bond donors (Lipinski definition) is 1. The van der Waals surface area contributed by atoms with Crippen molar-refractivity contribution in [1.29, 1.82) is 0 Å². The van der Waals surface area contributed by atoms with Gasteiger partial charge in [0.05, 0.1) is 0 Å². The van der Waals surface area contributed by atoms with Crippen LogP contribution in [0.4, 0.5) is 11.4 Å². The third-order valence-electron chi connectivity index (χ3n) is 4.53. The van der Waals surface area contributed by atoms with Gasteiger partial charge in [-0.05, 0) is 30.7 Å². The quantitative estimate of drug-likeness (QED) is 0.917. The molecular formula is C20H25N3O. The first-order chi connectivity index (χ1) is 11.8. The molecule has 4 nitrogen and oxygen atoms in total. The van der Waals surface area contributed by atoms with E-state index in [2.05, 4.69) is 41.4 Å². The number of carbonyl (C=O) groups excluding carboxylic acids is 1. The van der Waals surface area contributed by atoms with Crippen LogP contribution < -0.4 is 10.2 Å². The lowest BCUT2D eigenvalue weighted by atomic mass is 10.1. The van der Waals surface area contributed by atoms with Crippen LogP contribution >= 0.6 is 0 Å². The Kier molecular flexibility index (Phi) is 5.36. The lowest BCUT2D eigenvalue weighted by Crippen LogP contribution is -2.52. The number of hydrogen-bond acceptors (Lipinski definition) is 3. The van der Waals surface area contributed by atoms with E-state index in [4.69, 9.17) is 0 Å². The summed E-state index contributed by atoms with van der Waals surface area (Å²) in [6.45, 7) is 5.38. The van der Waals surface area contributed by atoms with E-state index in [9.17, 15) is 4.79 Å². The van der Waals surface area contributed by atoms with Crippen molar-refractivity contribution >= 4 is 17.3 Å². The predicted octanol–water partition coefficient (Wildman–Crippen LogP) is 3.23. The molecule has 1 heterocycles. The Morgan fingerprint density at radius 2 is 1.54 bits per heavy atom. The van der Waals surface area contributed by atoms with Crippen LogP contribution in [0, 0.1) is 0 Å². The number of para-hydroxylation sites is 2. The van der Waals surface area contributed by atoms with Gasteiger partial charge in [0, 0.05) is 37.6 Å². The molecule has 1 N–H and O–H groups in total. The first kappa shape index (κ1) is 16.4. The molecule has 2 aromatic carbocycles. The molecule has 0 saturated carbocycles. The minimum absolute atomic E-state index is 0.157. The third-order valence-corrected chi connectivity index (χ3v) is 4.53. The number of piperazine rings is 1. The van der Waals surface area contributed by atoms with Crippen LogP contribution in [0.2, 0.25) is 0 Å². The van der Waals surface area contributed by atoms with Gasteiger partial charge in [0.2, 0.25) is 5.91 Å². The molecular weight excluding hydrogens is 298 g/mol. The van der Waals surface area contributed by atoms with Gasteiger partial charge in [-0.3, -0.25) is 4.79 Å². The van der Waals surface area contributed by atoms with Crippen LogP contribution in [0.5, 0.6) is 0 Å². The number of anilines is 2. The van der Waals surface area contributed by atoms with Crippen LogP contribution in [0.3, 0.4) is 0 Å². The van der Waals surface area contributed by atoms with Gasteiger partial charge in [-0.25, -0.2) is 0 Å². The summed E-state index contributed by atoms with van der Waals surface area (Å²) < 4.78 is 0. The van der Waals surface area contributed by atoms with Gasteiger partial charge >= 0.3 is 0 Å². The Hall–Kier alpha value is -2.49. The van der Waals surface area contributed by atoms with Gasteiger partial charge in [0.25, 0.3) is 0 Å². The first-order valence-electron chi connectivity index (χ1n) is 8.68. The second kappa shape index (κ2) is 7.86. The van der Waals surface area contributed by atoms with Crippen molar-refractivity contribution in [3.8, 4) is 0 Å². The number of carbonyl (C=O) groups is 1. The van der Waals surface area contributed by atoms with Crippen molar-refractivity contribution in [2.24, 2.45) is 0 Å². The van der Waals surface area contributed by atoms with Crippen LogP contribution in [-0.2, 0) is 4.79 Å². The molecule has 2 aromatic rings. The van der Waals surface area contributed by atoms with Crippen LogP contribution in [0.15, 0.2) is 60.7 Å². The van der Waals surface area contributed by atoms with Crippen molar-refractivity contribution in [1.82, 2.24) is 4.90 Å². The molecule has 3 rings (SSSR count). The van der Waals surface area contributed by atoms with E-state index in [1.54, 1.807) is 0 Å². The van der Waals surface area contributed by atoms with Crippen molar-refractivity contribution in [2.75, 3.05) is 36.4 Å². The van der Waals surface area contributed by atoms with E-state index in [-0.39, 0.29) is 11.9 Å². The fourth-order valence-corrected chi connectivity index (χ4v) is 3.12. The van der Waals surface area contributed by atoms with Gasteiger partial charge in [-0.2, -0.15) is 0 Å². The summed E-state index contributed by atoms with van der Waals surface area (Å²) in [7, 11) is 0. The highest BCUT2D eigenvalue weighted by molar-refractivity contribution is 5.85. The standard InChI is InChI=1S/C20H25N3O/c1-2-19(21-17-9-5-3-6-10-17)20(24)23-15-13-22(14-16-23)18-11-7-4-8-12-18/h3-12,19,21H,2,13-16H2,1H3/t19-/m0/s1. The molecule has 4 heteroatoms. The van der Waals surface area contributed by atoms with Gasteiger partial charge < -0.3 is 15.1 Å². The average molecular weight is 323 g/mol. The van der Waals surface area contributed by atoms with E-state index in [0.717, 1.165) is 38.3 Å². The Morgan fingerprint density at radius 3 is 2.12 bits per heavy atom. The number of rotatable bonds is 5. The molecule has 0 spiro atoms. The molecule has 0 aromatic heterocycles. The summed E-state index contributed by atoms with van der Waals surface area (Å²) in [5, 5.41) is 3.36. The second-order valence-corrected chi connectivity index (χ2v) is 6.12. The molecule has 0 unspecified atom stereocenters. The smallest absolute Gasteiger partial charge is 0.245 e. The predicted molar refractivity (Wildman–Crippen MR) is 99.4 cm³/mol. The Balaban J connectivity index is 1.57. The maximum Gasteiger partial charge on any atom is 0.245 e. The average Bonchev–Trinajstić information content (AvgIpc) is 2.67. The van der Waals surface area contributed by atoms with Crippen LogP contribution in [-0.4, -0.2) is 43.0 Å². The van der Waals surface area contributed by atoms with E-state index >= 15 is 0 Å². The largest absolute Gasteiger partial charge is 0.374 e. The molecule has 1 saturated heterocycles. The zero-order valence-corrected chi connectivity index (χ0v) is 14.2. The third kappa shape index (κ3) is 3.88. The van der Waals surface area contributed by atoms with Gasteiger partial charge in [0.15, 0.2) is 0 Å². The maximum absolute atomic E-state index is 12.8. The highest BCUT2D eigenvalue weighted by Crippen LogP contribution is 2.17. The normalized spacial score (nSPS) is 15.9. The fraction of sp³-hybridized carbons (Fsp3) is 0.350. The molecule has 0 aliphatic carbocycles. The summed E-state index contributed by atoms with van der Waals surface area (Å²) in [5.74, 6) is 0.203. The molecule has 0 bridgehead atoms. The summed E-state index contributed by atoms with van der Waals surface area (Å²) in [4.78, 5) is 17.2. The van der Waals surface area contributed by atoms with Gasteiger partial charge in [-0.15, -0.1) is 0 Å². The van der Waals surface area contributed by atoms with Crippen molar-refractivity contribution in [2.45, 2.75) is 19.4 Å². The van der Waals surface area contributed by atoms with E-state index in [0.29, 0.717) is 0 Å². The second-order valence-electron chi connectivity index (χ2n) is 6.12. The minimum atomic E-state index is -0.157. The molecule has 0 radical (unpaired) electrons. The van der Waals surface area contributed by atoms with Gasteiger partial charge in [0.1, 0.15) is 6.04 Å². The van der Waals surface area contributed by atoms with Crippen molar-refractivity contribution in [3.05, 3.63) is 60.7 Å². The molecule has 1 atom stereocenters. The number of nitrogens with one attached hydrogen (secondary N) is 1. The number of amides is 1. The number of nitrogens with zero attached hydrogens (tertiary/aromatic N) is 2. The topological polar surface area (TPSA) is 35.6 Å². The van der Waals surface area contributed by atoms with Crippen LogP contribution in [0.1, 0.15) is 13.3 Å². The Morgan fingerprint density at radius 1 is 0.958 bits per heavy atom. The molecule has 1 fully saturated rings. The van der Waals surface area contributed by atoms with E-state index in [1.807, 2.05) is 41.3 Å². The summed E-state index contributed by atoms with van der Waals surface area (Å²) in [6, 6.07) is 20.2. The summed E-state index contributed by atoms with van der Waals surface area (Å²) in [5.41, 5.74) is 2.24. The molecule has 24 heavy (non-hydrogen) atoms. The van der Waals surface area contributed by atoms with Crippen LogP contribution in [0.25, 0.3) is 0 Å². The van der Waals surface area contributed by atoms with E-state index in [1.165, 1.54) is 5.69 Å². The van der Waals surface area contributed by atoms with Crippen molar-refractivity contribution in [3.63, 3.8) is 0 Å². The number of benzene rings is 2. The summed E-state index contributed by atoms with van der Waals surface area (Å²) >= 11 is 0. The minimum Gasteiger partial charge on any atom is -0.374 e. The zero-order chi connectivity index (χ0) is 16.8. The Bertz CT molecular complexity index is 636. The first-order valence-corrected chi connectivity index (χ1v) is 8.68. The molecule has 126 valence electrons. The summed E-state index contributed by atoms with van der Waals surface area (Å²) in [6.07, 6.45) is 0.784. The highest BCUT2D eigenvalue weighted by atomic mass is 16.2. The molecule has 1 aliphatic heterocycles. The fourth-order valence-electron chi connectivity index (χ4n) is 3.12. The highest BCUT2D eigenvalue weighted by Gasteiger charge is 2.26. The Labute approximate surface area is 144 Å². The zero-order valence-electron chi connectivity index (χ0n) is 14.2. The monoisotopic (exact) mass is 323 g/mol. The lowest BCUT2D eigenvalue weighted by Gasteiger charge is -2.37. The lowest BCUT2D eigenvalue weighted by molar-refractivity contribution is -0.132. The van der Waals surface area contributed by atoms with E-state index < -0.39 is 0 Å². The van der Waals surface area contributed by atoms with Crippen molar-refractivity contribution < 1.29 is 4.79 Å². The molecule has 1 amide bonds.